The summed E-state index contributed by atoms with van der Waals surface area (Å²) in [5.41, 5.74) is 8.27. The van der Waals surface area contributed by atoms with Crippen LogP contribution in [-0.2, 0) is 6.54 Å². The molecule has 5 heteroatoms. The second kappa shape index (κ2) is 6.79. The van der Waals surface area contributed by atoms with E-state index in [4.69, 9.17) is 5.73 Å². The van der Waals surface area contributed by atoms with Crippen LogP contribution in [0.1, 0.15) is 15.9 Å². The maximum absolute atomic E-state index is 13.0. The van der Waals surface area contributed by atoms with Gasteiger partial charge in [-0.25, -0.2) is 4.39 Å². The molecule has 1 heterocycles. The summed E-state index contributed by atoms with van der Waals surface area (Å²) in [6.07, 6.45) is 0. The van der Waals surface area contributed by atoms with Gasteiger partial charge in [0.25, 0.3) is 5.91 Å². The van der Waals surface area contributed by atoms with Crippen molar-refractivity contribution < 1.29 is 9.18 Å². The molecule has 1 aliphatic rings. The molecule has 2 aromatic rings. The van der Waals surface area contributed by atoms with E-state index in [2.05, 4.69) is 4.90 Å². The van der Waals surface area contributed by atoms with Crippen LogP contribution < -0.4 is 10.6 Å². The molecule has 0 aromatic heterocycles. The van der Waals surface area contributed by atoms with Crippen LogP contribution in [0.2, 0.25) is 0 Å². The van der Waals surface area contributed by atoms with E-state index in [1.165, 1.54) is 12.1 Å². The molecule has 1 aliphatic heterocycles. The van der Waals surface area contributed by atoms with Crippen LogP contribution in [0.25, 0.3) is 0 Å². The van der Waals surface area contributed by atoms with Gasteiger partial charge in [-0.1, -0.05) is 12.1 Å². The fourth-order valence-electron chi connectivity index (χ4n) is 2.79. The molecule has 1 amide bonds. The van der Waals surface area contributed by atoms with E-state index < -0.39 is 0 Å². The summed E-state index contributed by atoms with van der Waals surface area (Å²) in [6.45, 7) is 3.30. The highest BCUT2D eigenvalue weighted by Gasteiger charge is 2.22. The molecule has 0 bridgehead atoms. The Hall–Kier alpha value is -2.40. The maximum Gasteiger partial charge on any atom is 0.253 e. The largest absolute Gasteiger partial charge is 0.368 e. The van der Waals surface area contributed by atoms with Gasteiger partial charge in [0.05, 0.1) is 0 Å². The fraction of sp³-hybridized carbons (Fsp3) is 0.278. The van der Waals surface area contributed by atoms with Crippen molar-refractivity contribution in [1.29, 1.82) is 0 Å². The molecule has 0 unspecified atom stereocenters. The standard InChI is InChI=1S/C18H20FN3O/c19-16-5-7-17(8-6-16)21-9-11-22(12-10-21)18(23)15-3-1-14(13-20)2-4-15/h1-8H,9-13,20H2. The Kier molecular flexibility index (Phi) is 4.57. The number of halogens is 1. The number of rotatable bonds is 3. The third-order valence-electron chi connectivity index (χ3n) is 4.20. The van der Waals surface area contributed by atoms with Gasteiger partial charge >= 0.3 is 0 Å². The van der Waals surface area contributed by atoms with Crippen molar-refractivity contribution in [3.05, 3.63) is 65.5 Å². The van der Waals surface area contributed by atoms with Gasteiger partial charge < -0.3 is 15.5 Å². The second-order valence-corrected chi connectivity index (χ2v) is 5.66. The van der Waals surface area contributed by atoms with Gasteiger partial charge in [0.15, 0.2) is 0 Å². The molecule has 3 rings (SSSR count). The number of piperazine rings is 1. The Morgan fingerprint density at radius 2 is 1.57 bits per heavy atom. The molecular formula is C18H20FN3O. The third kappa shape index (κ3) is 3.51. The average molecular weight is 313 g/mol. The van der Waals surface area contributed by atoms with Gasteiger partial charge in [0, 0.05) is 44.0 Å². The number of benzene rings is 2. The highest BCUT2D eigenvalue weighted by molar-refractivity contribution is 5.94. The Morgan fingerprint density at radius 1 is 0.957 bits per heavy atom. The zero-order valence-electron chi connectivity index (χ0n) is 12.9. The monoisotopic (exact) mass is 313 g/mol. The van der Waals surface area contributed by atoms with E-state index >= 15 is 0 Å². The van der Waals surface area contributed by atoms with E-state index in [0.717, 1.165) is 24.3 Å². The highest BCUT2D eigenvalue weighted by atomic mass is 19.1. The van der Waals surface area contributed by atoms with E-state index in [0.29, 0.717) is 25.2 Å². The Bertz CT molecular complexity index is 662. The topological polar surface area (TPSA) is 49.6 Å². The third-order valence-corrected chi connectivity index (χ3v) is 4.20. The predicted octanol–water partition coefficient (Wildman–Crippen LogP) is 2.25. The van der Waals surface area contributed by atoms with Crippen molar-refractivity contribution >= 4 is 11.6 Å². The van der Waals surface area contributed by atoms with Gasteiger partial charge in [0.2, 0.25) is 0 Å². The lowest BCUT2D eigenvalue weighted by atomic mass is 10.1. The molecule has 1 fully saturated rings. The number of nitrogens with zero attached hydrogens (tertiary/aromatic N) is 2. The first-order valence-corrected chi connectivity index (χ1v) is 7.76. The van der Waals surface area contributed by atoms with Gasteiger partial charge in [-0.3, -0.25) is 4.79 Å². The van der Waals surface area contributed by atoms with Crippen LogP contribution in [0.3, 0.4) is 0 Å². The first kappa shape index (κ1) is 15.5. The summed E-state index contributed by atoms with van der Waals surface area (Å²) in [6, 6.07) is 13.9. The lowest BCUT2D eigenvalue weighted by Crippen LogP contribution is -2.48. The number of carbonyl (C=O) groups excluding carboxylic acids is 1. The molecule has 2 N–H and O–H groups in total. The number of amides is 1. The normalized spacial score (nSPS) is 14.9. The molecule has 1 saturated heterocycles. The van der Waals surface area contributed by atoms with Gasteiger partial charge in [0.1, 0.15) is 5.82 Å². The molecule has 4 nitrogen and oxygen atoms in total. The van der Waals surface area contributed by atoms with Crippen molar-refractivity contribution in [1.82, 2.24) is 4.90 Å². The van der Waals surface area contributed by atoms with E-state index in [1.54, 1.807) is 12.1 Å². The molecule has 23 heavy (non-hydrogen) atoms. The number of hydrogen-bond donors (Lipinski definition) is 1. The summed E-state index contributed by atoms with van der Waals surface area (Å²) in [5, 5.41) is 0. The lowest BCUT2D eigenvalue weighted by molar-refractivity contribution is 0.0747. The van der Waals surface area contributed by atoms with Crippen LogP contribution in [-0.4, -0.2) is 37.0 Å². The minimum atomic E-state index is -0.233. The first-order chi connectivity index (χ1) is 11.2. The smallest absolute Gasteiger partial charge is 0.253 e. The Labute approximate surface area is 135 Å². The van der Waals surface area contributed by atoms with Crippen LogP contribution >= 0.6 is 0 Å². The van der Waals surface area contributed by atoms with Crippen molar-refractivity contribution in [2.24, 2.45) is 5.73 Å². The van der Waals surface area contributed by atoms with Crippen molar-refractivity contribution in [3.8, 4) is 0 Å². The van der Waals surface area contributed by atoms with Crippen LogP contribution in [0.4, 0.5) is 10.1 Å². The van der Waals surface area contributed by atoms with Crippen molar-refractivity contribution in [2.45, 2.75) is 6.54 Å². The number of anilines is 1. The Balaban J connectivity index is 1.61. The van der Waals surface area contributed by atoms with Crippen molar-refractivity contribution in [2.75, 3.05) is 31.1 Å². The number of carbonyl (C=O) groups is 1. The number of nitrogens with two attached hydrogens (primary N) is 1. The summed E-state index contributed by atoms with van der Waals surface area (Å²) in [7, 11) is 0. The van der Waals surface area contributed by atoms with Crippen molar-refractivity contribution in [3.63, 3.8) is 0 Å². The fourth-order valence-corrected chi connectivity index (χ4v) is 2.79. The molecule has 0 spiro atoms. The quantitative estimate of drug-likeness (QED) is 0.945. The van der Waals surface area contributed by atoms with E-state index in [1.807, 2.05) is 29.2 Å². The summed E-state index contributed by atoms with van der Waals surface area (Å²) in [5.74, 6) is -0.184. The highest BCUT2D eigenvalue weighted by Crippen LogP contribution is 2.18. The molecule has 0 saturated carbocycles. The average Bonchev–Trinajstić information content (AvgIpc) is 2.62. The molecular weight excluding hydrogens is 293 g/mol. The molecule has 0 atom stereocenters. The van der Waals surface area contributed by atoms with Gasteiger partial charge in [-0.05, 0) is 42.0 Å². The SMILES string of the molecule is NCc1ccc(C(=O)N2CCN(c3ccc(F)cc3)CC2)cc1. The van der Waals surface area contributed by atoms with E-state index in [-0.39, 0.29) is 11.7 Å². The summed E-state index contributed by atoms with van der Waals surface area (Å²) < 4.78 is 13.0. The number of hydrogen-bond acceptors (Lipinski definition) is 3. The van der Waals surface area contributed by atoms with Gasteiger partial charge in [-0.15, -0.1) is 0 Å². The molecule has 2 aromatic carbocycles. The summed E-state index contributed by atoms with van der Waals surface area (Å²) >= 11 is 0. The van der Waals surface area contributed by atoms with Crippen LogP contribution in [0, 0.1) is 5.82 Å². The zero-order valence-corrected chi connectivity index (χ0v) is 12.9. The molecule has 120 valence electrons. The first-order valence-electron chi connectivity index (χ1n) is 7.76. The van der Waals surface area contributed by atoms with Gasteiger partial charge in [-0.2, -0.15) is 0 Å². The Morgan fingerprint density at radius 3 is 2.13 bits per heavy atom. The van der Waals surface area contributed by atoms with E-state index in [9.17, 15) is 9.18 Å². The second-order valence-electron chi connectivity index (χ2n) is 5.66. The molecule has 0 aliphatic carbocycles. The zero-order chi connectivity index (χ0) is 16.2. The van der Waals surface area contributed by atoms with Crippen LogP contribution in [0.5, 0.6) is 0 Å². The predicted molar refractivity (Wildman–Crippen MR) is 88.8 cm³/mol. The lowest BCUT2D eigenvalue weighted by Gasteiger charge is -2.36. The van der Waals surface area contributed by atoms with Crippen LogP contribution in [0.15, 0.2) is 48.5 Å². The molecule has 0 radical (unpaired) electrons. The minimum Gasteiger partial charge on any atom is -0.368 e. The minimum absolute atomic E-state index is 0.0485. The summed E-state index contributed by atoms with van der Waals surface area (Å²) in [4.78, 5) is 16.5. The maximum atomic E-state index is 13.0.